The van der Waals surface area contributed by atoms with Gasteiger partial charge >= 0.3 is 0 Å². The standard InChI is InChI=1S/C14H22O.Al/c1-2-3-4-5-6-7-10-13-11-8-9-12-14(13)15;/h8-9,11-12,15H,2-7,10H2,1H3;. The second-order valence-corrected chi connectivity index (χ2v) is 4.15. The lowest BCUT2D eigenvalue weighted by Crippen LogP contribution is -1.86. The van der Waals surface area contributed by atoms with E-state index in [-0.39, 0.29) is 17.4 Å². The first kappa shape index (κ1) is 15.6. The van der Waals surface area contributed by atoms with Gasteiger partial charge in [0, 0.05) is 17.4 Å². The van der Waals surface area contributed by atoms with Crippen LogP contribution in [-0.2, 0) is 6.42 Å². The van der Waals surface area contributed by atoms with E-state index >= 15 is 0 Å². The predicted molar refractivity (Wildman–Crippen MR) is 70.9 cm³/mol. The van der Waals surface area contributed by atoms with E-state index in [9.17, 15) is 5.11 Å². The molecule has 0 aromatic heterocycles. The average Bonchev–Trinajstić information content (AvgIpc) is 2.25. The molecule has 0 aliphatic carbocycles. The molecule has 0 atom stereocenters. The maximum atomic E-state index is 9.55. The summed E-state index contributed by atoms with van der Waals surface area (Å²) in [6.45, 7) is 2.24. The van der Waals surface area contributed by atoms with Crippen molar-refractivity contribution in [3.05, 3.63) is 29.8 Å². The Bertz CT molecular complexity index is 273. The minimum Gasteiger partial charge on any atom is -0.508 e. The number of rotatable bonds is 7. The van der Waals surface area contributed by atoms with Crippen LogP contribution in [0.1, 0.15) is 51.0 Å². The van der Waals surface area contributed by atoms with E-state index < -0.39 is 0 Å². The average molecular weight is 233 g/mol. The van der Waals surface area contributed by atoms with Crippen molar-refractivity contribution in [2.45, 2.75) is 51.9 Å². The first-order valence-corrected chi connectivity index (χ1v) is 6.11. The number of phenols is 1. The van der Waals surface area contributed by atoms with Crippen LogP contribution in [0.2, 0.25) is 0 Å². The van der Waals surface area contributed by atoms with Crippen molar-refractivity contribution in [1.82, 2.24) is 0 Å². The fraction of sp³-hybridized carbons (Fsp3) is 0.571. The number of aromatic hydroxyl groups is 1. The zero-order valence-corrected chi connectivity index (χ0v) is 11.4. The molecular weight excluding hydrogens is 211 g/mol. The highest BCUT2D eigenvalue weighted by molar-refractivity contribution is 5.75. The maximum Gasteiger partial charge on any atom is 0.118 e. The van der Waals surface area contributed by atoms with Crippen molar-refractivity contribution >= 4 is 17.4 Å². The molecule has 0 heterocycles. The lowest BCUT2D eigenvalue weighted by molar-refractivity contribution is 0.466. The van der Waals surface area contributed by atoms with Crippen LogP contribution < -0.4 is 0 Å². The lowest BCUT2D eigenvalue weighted by atomic mass is 10.0. The molecule has 0 aliphatic heterocycles. The summed E-state index contributed by atoms with van der Waals surface area (Å²) >= 11 is 0. The van der Waals surface area contributed by atoms with Crippen molar-refractivity contribution in [3.63, 3.8) is 0 Å². The van der Waals surface area contributed by atoms with Crippen LogP contribution in [-0.4, -0.2) is 22.5 Å². The smallest absolute Gasteiger partial charge is 0.118 e. The zero-order valence-electron chi connectivity index (χ0n) is 10.3. The quantitative estimate of drug-likeness (QED) is 0.559. The molecule has 0 spiro atoms. The third-order valence-electron chi connectivity index (χ3n) is 2.79. The molecule has 1 N–H and O–H groups in total. The van der Waals surface area contributed by atoms with Crippen LogP contribution in [0, 0.1) is 0 Å². The first-order valence-electron chi connectivity index (χ1n) is 6.11. The van der Waals surface area contributed by atoms with E-state index in [0.717, 1.165) is 12.0 Å². The minimum atomic E-state index is 0. The summed E-state index contributed by atoms with van der Waals surface area (Å²) in [6.07, 6.45) is 8.85. The molecule has 0 aliphatic rings. The summed E-state index contributed by atoms with van der Waals surface area (Å²) in [4.78, 5) is 0. The third-order valence-corrected chi connectivity index (χ3v) is 2.79. The highest BCUT2D eigenvalue weighted by Gasteiger charge is 1.98. The number of unbranched alkanes of at least 4 members (excludes halogenated alkanes) is 5. The van der Waals surface area contributed by atoms with Gasteiger partial charge in [-0.3, -0.25) is 0 Å². The van der Waals surface area contributed by atoms with E-state index in [0.29, 0.717) is 5.75 Å². The van der Waals surface area contributed by atoms with Gasteiger partial charge in [-0.15, -0.1) is 0 Å². The molecule has 16 heavy (non-hydrogen) atoms. The summed E-state index contributed by atoms with van der Waals surface area (Å²) < 4.78 is 0. The molecule has 1 aromatic carbocycles. The molecule has 1 aromatic rings. The van der Waals surface area contributed by atoms with Gasteiger partial charge in [0.2, 0.25) is 0 Å². The van der Waals surface area contributed by atoms with Gasteiger partial charge in [-0.1, -0.05) is 57.2 Å². The second kappa shape index (κ2) is 9.76. The summed E-state index contributed by atoms with van der Waals surface area (Å²) in [5.41, 5.74) is 1.09. The van der Waals surface area contributed by atoms with Crippen LogP contribution in [0.25, 0.3) is 0 Å². The number of hydrogen-bond donors (Lipinski definition) is 1. The van der Waals surface area contributed by atoms with Crippen LogP contribution in [0.15, 0.2) is 24.3 Å². The van der Waals surface area contributed by atoms with Crippen molar-refractivity contribution in [1.29, 1.82) is 0 Å². The second-order valence-electron chi connectivity index (χ2n) is 4.15. The van der Waals surface area contributed by atoms with E-state index in [1.54, 1.807) is 6.07 Å². The molecule has 0 saturated heterocycles. The maximum absolute atomic E-state index is 9.55. The Balaban J connectivity index is 0.00000225. The van der Waals surface area contributed by atoms with Crippen LogP contribution in [0.4, 0.5) is 0 Å². The molecule has 0 bridgehead atoms. The SMILES string of the molecule is CCCCCCCCc1ccccc1O.[Al]. The van der Waals surface area contributed by atoms with Crippen molar-refractivity contribution in [3.8, 4) is 5.75 Å². The van der Waals surface area contributed by atoms with E-state index in [1.807, 2.05) is 18.2 Å². The molecule has 3 radical (unpaired) electrons. The number of benzene rings is 1. The number of phenolic OH excluding ortho intramolecular Hbond substituents is 1. The third kappa shape index (κ3) is 6.20. The van der Waals surface area contributed by atoms with Crippen LogP contribution >= 0.6 is 0 Å². The highest BCUT2D eigenvalue weighted by atomic mass is 27.0. The molecule has 2 heteroatoms. The first-order chi connectivity index (χ1) is 7.34. The Kier molecular flexibility index (Phi) is 9.48. The van der Waals surface area contributed by atoms with Crippen molar-refractivity contribution < 1.29 is 5.11 Å². The monoisotopic (exact) mass is 233 g/mol. The Labute approximate surface area is 110 Å². The van der Waals surface area contributed by atoms with Gasteiger partial charge in [0.15, 0.2) is 0 Å². The van der Waals surface area contributed by atoms with Gasteiger partial charge in [-0.25, -0.2) is 0 Å². The Morgan fingerprint density at radius 1 is 0.938 bits per heavy atom. The van der Waals surface area contributed by atoms with Gasteiger partial charge < -0.3 is 5.11 Å². The molecular formula is C14H22AlO. The summed E-state index contributed by atoms with van der Waals surface area (Å²) in [5, 5.41) is 9.55. The van der Waals surface area contributed by atoms with Gasteiger partial charge in [-0.2, -0.15) is 0 Å². The fourth-order valence-corrected chi connectivity index (χ4v) is 1.82. The number of para-hydroxylation sites is 1. The summed E-state index contributed by atoms with van der Waals surface area (Å²) in [7, 11) is 0. The molecule has 0 fully saturated rings. The molecule has 87 valence electrons. The highest BCUT2D eigenvalue weighted by Crippen LogP contribution is 2.18. The molecule has 0 unspecified atom stereocenters. The van der Waals surface area contributed by atoms with Gasteiger partial charge in [0.05, 0.1) is 0 Å². The summed E-state index contributed by atoms with van der Waals surface area (Å²) in [6, 6.07) is 7.65. The van der Waals surface area contributed by atoms with E-state index in [4.69, 9.17) is 0 Å². The topological polar surface area (TPSA) is 20.2 Å². The van der Waals surface area contributed by atoms with Crippen molar-refractivity contribution in [2.24, 2.45) is 0 Å². The molecule has 1 nitrogen and oxygen atoms in total. The normalized spacial score (nSPS) is 9.81. The lowest BCUT2D eigenvalue weighted by Gasteiger charge is -2.03. The predicted octanol–water partition coefficient (Wildman–Crippen LogP) is 3.91. The van der Waals surface area contributed by atoms with E-state index in [2.05, 4.69) is 6.92 Å². The van der Waals surface area contributed by atoms with Crippen molar-refractivity contribution in [2.75, 3.05) is 0 Å². The van der Waals surface area contributed by atoms with Gasteiger partial charge in [-0.05, 0) is 24.5 Å². The van der Waals surface area contributed by atoms with Gasteiger partial charge in [0.1, 0.15) is 5.75 Å². The summed E-state index contributed by atoms with van der Waals surface area (Å²) in [5.74, 6) is 0.450. The number of aryl methyl sites for hydroxylation is 1. The Morgan fingerprint density at radius 3 is 2.25 bits per heavy atom. The minimum absolute atomic E-state index is 0. The molecule has 0 saturated carbocycles. The molecule has 0 amide bonds. The Morgan fingerprint density at radius 2 is 1.56 bits per heavy atom. The van der Waals surface area contributed by atoms with E-state index in [1.165, 1.54) is 38.5 Å². The fourth-order valence-electron chi connectivity index (χ4n) is 1.82. The van der Waals surface area contributed by atoms with Crippen LogP contribution in [0.3, 0.4) is 0 Å². The zero-order chi connectivity index (χ0) is 10.9. The largest absolute Gasteiger partial charge is 0.508 e. The van der Waals surface area contributed by atoms with Crippen LogP contribution in [0.5, 0.6) is 5.75 Å². The van der Waals surface area contributed by atoms with Gasteiger partial charge in [0.25, 0.3) is 0 Å². The Hall–Kier alpha value is -0.448. The number of hydrogen-bond acceptors (Lipinski definition) is 1. The molecule has 1 rings (SSSR count).